The average Bonchev–Trinajstić information content (AvgIpc) is 2.94. The van der Waals surface area contributed by atoms with Crippen molar-refractivity contribution in [3.8, 4) is 0 Å². The van der Waals surface area contributed by atoms with Crippen LogP contribution < -0.4 is 5.32 Å². The van der Waals surface area contributed by atoms with Gasteiger partial charge in [-0.25, -0.2) is 4.79 Å². The summed E-state index contributed by atoms with van der Waals surface area (Å²) in [5.74, 6) is -0.836. The topological polar surface area (TPSA) is 69.6 Å². The molecule has 1 saturated heterocycles. The fourth-order valence-corrected chi connectivity index (χ4v) is 3.01. The third-order valence-corrected chi connectivity index (χ3v) is 4.67. The molecule has 1 atom stereocenters. The van der Waals surface area contributed by atoms with Gasteiger partial charge in [0.1, 0.15) is 0 Å². The number of nitrogens with zero attached hydrogens (tertiary/aromatic N) is 1. The molecule has 0 bridgehead atoms. The van der Waals surface area contributed by atoms with Gasteiger partial charge in [0.15, 0.2) is 0 Å². The van der Waals surface area contributed by atoms with E-state index in [-0.39, 0.29) is 12.6 Å². The van der Waals surface area contributed by atoms with Crippen molar-refractivity contribution in [3.63, 3.8) is 0 Å². The summed E-state index contributed by atoms with van der Waals surface area (Å²) in [6.45, 7) is 4.97. The van der Waals surface area contributed by atoms with E-state index in [1.54, 1.807) is 23.2 Å². The van der Waals surface area contributed by atoms with Gasteiger partial charge >= 0.3 is 12.0 Å². The normalized spacial score (nSPS) is 22.5. The summed E-state index contributed by atoms with van der Waals surface area (Å²) < 4.78 is 0. The SMILES string of the molecule is Cc1ccsc1CNC(=O)N1CCC(C)(C(=O)O)C1. The molecule has 0 aromatic carbocycles. The lowest BCUT2D eigenvalue weighted by molar-refractivity contribution is -0.146. The van der Waals surface area contributed by atoms with Gasteiger partial charge in [-0.1, -0.05) is 0 Å². The Kier molecular flexibility index (Phi) is 3.80. The minimum absolute atomic E-state index is 0.183. The number of aryl methyl sites for hydroxylation is 1. The van der Waals surface area contributed by atoms with Crippen LogP contribution in [-0.4, -0.2) is 35.1 Å². The molecule has 19 heavy (non-hydrogen) atoms. The Hall–Kier alpha value is -1.56. The van der Waals surface area contributed by atoms with E-state index >= 15 is 0 Å². The molecule has 1 unspecified atom stereocenters. The molecule has 0 saturated carbocycles. The van der Waals surface area contributed by atoms with E-state index in [1.165, 1.54) is 5.56 Å². The quantitative estimate of drug-likeness (QED) is 0.891. The number of carbonyl (C=O) groups excluding carboxylic acids is 1. The smallest absolute Gasteiger partial charge is 0.317 e. The summed E-state index contributed by atoms with van der Waals surface area (Å²) in [5.41, 5.74) is 0.359. The number of carbonyl (C=O) groups is 2. The molecule has 0 radical (unpaired) electrons. The van der Waals surface area contributed by atoms with Crippen molar-refractivity contribution in [3.05, 3.63) is 21.9 Å². The van der Waals surface area contributed by atoms with Crippen LogP contribution >= 0.6 is 11.3 Å². The highest BCUT2D eigenvalue weighted by Crippen LogP contribution is 2.30. The number of hydrogen-bond donors (Lipinski definition) is 2. The molecule has 1 aromatic rings. The first kappa shape index (κ1) is 13.9. The van der Waals surface area contributed by atoms with Gasteiger partial charge in [-0.2, -0.15) is 0 Å². The number of aliphatic carboxylic acids is 1. The van der Waals surface area contributed by atoms with Gasteiger partial charge in [0.05, 0.1) is 12.0 Å². The summed E-state index contributed by atoms with van der Waals surface area (Å²) in [7, 11) is 0. The minimum atomic E-state index is -0.836. The summed E-state index contributed by atoms with van der Waals surface area (Å²) in [6, 6.07) is 1.83. The lowest BCUT2D eigenvalue weighted by atomic mass is 9.90. The van der Waals surface area contributed by atoms with Crippen LogP contribution in [0.1, 0.15) is 23.8 Å². The zero-order valence-electron chi connectivity index (χ0n) is 11.1. The first-order chi connectivity index (χ1) is 8.92. The van der Waals surface area contributed by atoms with Crippen LogP contribution in [0.4, 0.5) is 4.79 Å². The summed E-state index contributed by atoms with van der Waals surface area (Å²) in [6.07, 6.45) is 0.508. The van der Waals surface area contributed by atoms with Crippen molar-refractivity contribution in [2.75, 3.05) is 13.1 Å². The van der Waals surface area contributed by atoms with Crippen molar-refractivity contribution >= 4 is 23.3 Å². The number of nitrogens with one attached hydrogen (secondary N) is 1. The van der Waals surface area contributed by atoms with Crippen LogP contribution in [0.15, 0.2) is 11.4 Å². The molecule has 2 amide bonds. The van der Waals surface area contributed by atoms with E-state index in [4.69, 9.17) is 5.11 Å². The van der Waals surface area contributed by atoms with Crippen molar-refractivity contribution in [2.24, 2.45) is 5.41 Å². The third kappa shape index (κ3) is 2.89. The van der Waals surface area contributed by atoms with Gasteiger partial charge in [-0.05, 0) is 37.3 Å². The van der Waals surface area contributed by atoms with E-state index in [0.29, 0.717) is 19.5 Å². The molecule has 1 aromatic heterocycles. The molecule has 6 heteroatoms. The number of likely N-dealkylation sites (tertiary alicyclic amines) is 1. The second kappa shape index (κ2) is 5.21. The Bertz CT molecular complexity index is 500. The second-order valence-corrected chi connectivity index (χ2v) is 6.22. The maximum Gasteiger partial charge on any atom is 0.317 e. The number of carboxylic acids is 1. The Labute approximate surface area is 116 Å². The number of carboxylic acid groups (broad SMARTS) is 1. The second-order valence-electron chi connectivity index (χ2n) is 5.22. The molecule has 0 spiro atoms. The minimum Gasteiger partial charge on any atom is -0.481 e. The van der Waals surface area contributed by atoms with Gasteiger partial charge in [-0.3, -0.25) is 4.79 Å². The predicted octanol–water partition coefficient (Wildman–Crippen LogP) is 2.06. The monoisotopic (exact) mass is 282 g/mol. The molecule has 1 aliphatic heterocycles. The van der Waals surface area contributed by atoms with Crippen molar-refractivity contribution in [2.45, 2.75) is 26.8 Å². The van der Waals surface area contributed by atoms with Crippen LogP contribution in [-0.2, 0) is 11.3 Å². The first-order valence-corrected chi connectivity index (χ1v) is 7.09. The molecule has 2 heterocycles. The van der Waals surface area contributed by atoms with Crippen LogP contribution in [0, 0.1) is 12.3 Å². The summed E-state index contributed by atoms with van der Waals surface area (Å²) >= 11 is 1.61. The zero-order valence-corrected chi connectivity index (χ0v) is 11.9. The molecule has 1 fully saturated rings. The predicted molar refractivity (Wildman–Crippen MR) is 73.2 cm³/mol. The maximum absolute atomic E-state index is 12.0. The number of amides is 2. The largest absolute Gasteiger partial charge is 0.481 e. The van der Waals surface area contributed by atoms with Crippen LogP contribution in [0.25, 0.3) is 0 Å². The number of thiophene rings is 1. The Balaban J connectivity index is 1.89. The Morgan fingerprint density at radius 3 is 2.84 bits per heavy atom. The lowest BCUT2D eigenvalue weighted by Crippen LogP contribution is -2.40. The van der Waals surface area contributed by atoms with Gasteiger partial charge in [0, 0.05) is 18.0 Å². The highest BCUT2D eigenvalue weighted by molar-refractivity contribution is 7.10. The average molecular weight is 282 g/mol. The molecule has 0 aliphatic carbocycles. The van der Waals surface area contributed by atoms with Crippen LogP contribution in [0.5, 0.6) is 0 Å². The van der Waals surface area contributed by atoms with Gasteiger partial charge in [0.2, 0.25) is 0 Å². The van der Waals surface area contributed by atoms with E-state index < -0.39 is 11.4 Å². The summed E-state index contributed by atoms with van der Waals surface area (Å²) in [5, 5.41) is 14.0. The van der Waals surface area contributed by atoms with Gasteiger partial charge in [-0.15, -0.1) is 11.3 Å². The van der Waals surface area contributed by atoms with Crippen molar-refractivity contribution < 1.29 is 14.7 Å². The molecule has 2 rings (SSSR count). The molecule has 2 N–H and O–H groups in total. The fourth-order valence-electron chi connectivity index (χ4n) is 2.16. The van der Waals surface area contributed by atoms with E-state index in [0.717, 1.165) is 4.88 Å². The fraction of sp³-hybridized carbons (Fsp3) is 0.538. The van der Waals surface area contributed by atoms with Gasteiger partial charge < -0.3 is 15.3 Å². The molecule has 1 aliphatic rings. The maximum atomic E-state index is 12.0. The summed E-state index contributed by atoms with van der Waals surface area (Å²) in [4.78, 5) is 25.8. The molecular weight excluding hydrogens is 264 g/mol. The van der Waals surface area contributed by atoms with E-state index in [2.05, 4.69) is 5.32 Å². The number of rotatable bonds is 3. The van der Waals surface area contributed by atoms with Crippen LogP contribution in [0.3, 0.4) is 0 Å². The Morgan fingerprint density at radius 2 is 2.32 bits per heavy atom. The van der Waals surface area contributed by atoms with E-state index in [9.17, 15) is 9.59 Å². The van der Waals surface area contributed by atoms with Crippen LogP contribution in [0.2, 0.25) is 0 Å². The van der Waals surface area contributed by atoms with Gasteiger partial charge in [0.25, 0.3) is 0 Å². The molecule has 104 valence electrons. The number of urea groups is 1. The standard InChI is InChI=1S/C13H18N2O3S/c1-9-3-6-19-10(9)7-14-12(18)15-5-4-13(2,8-15)11(16)17/h3,6H,4-5,7-8H2,1-2H3,(H,14,18)(H,16,17). The Morgan fingerprint density at radius 1 is 1.58 bits per heavy atom. The van der Waals surface area contributed by atoms with E-state index in [1.807, 2.05) is 18.4 Å². The van der Waals surface area contributed by atoms with Crippen molar-refractivity contribution in [1.82, 2.24) is 10.2 Å². The molecule has 5 nitrogen and oxygen atoms in total. The molecular formula is C13H18N2O3S. The zero-order chi connectivity index (χ0) is 14.0. The highest BCUT2D eigenvalue weighted by atomic mass is 32.1. The highest BCUT2D eigenvalue weighted by Gasteiger charge is 2.42. The first-order valence-electron chi connectivity index (χ1n) is 6.21. The third-order valence-electron chi connectivity index (χ3n) is 3.65. The number of hydrogen-bond acceptors (Lipinski definition) is 3. The lowest BCUT2D eigenvalue weighted by Gasteiger charge is -2.20. The van der Waals surface area contributed by atoms with Crippen molar-refractivity contribution in [1.29, 1.82) is 0 Å².